The van der Waals surface area contributed by atoms with E-state index in [1.807, 2.05) is 18.7 Å². The standard InChI is InChI=1S/C33H39N3O4/c1-21-15-16-26-25(13-9-19-40-28-14-8-11-23-10-4-5-12-24(23)28)32(33(37)38)36-17-6-7-18-39-20-27-30(29(21)31(26)36)22(2)34-35(27)3/h8,11,14-16H,4-7,9-10,12-13,17-20H2,1-3H3,(H,37,38). The maximum absolute atomic E-state index is 12.8. The molecule has 1 N–H and O–H groups in total. The van der Waals surface area contributed by atoms with Gasteiger partial charge >= 0.3 is 5.97 Å². The van der Waals surface area contributed by atoms with Gasteiger partial charge in [-0.25, -0.2) is 4.79 Å². The van der Waals surface area contributed by atoms with Crippen LogP contribution in [0.5, 0.6) is 5.75 Å². The molecule has 0 fully saturated rings. The van der Waals surface area contributed by atoms with Crippen molar-refractivity contribution < 1.29 is 19.4 Å². The average Bonchev–Trinajstić information content (AvgIpc) is 3.39. The number of hydrogen-bond acceptors (Lipinski definition) is 4. The summed E-state index contributed by atoms with van der Waals surface area (Å²) in [5.74, 6) is 0.120. The zero-order chi connectivity index (χ0) is 27.8. The number of nitrogens with zero attached hydrogens (tertiary/aromatic N) is 3. The summed E-state index contributed by atoms with van der Waals surface area (Å²) in [6.07, 6.45) is 7.77. The molecule has 0 saturated carbocycles. The molecule has 3 heterocycles. The number of fused-ring (bicyclic) bond motifs is 3. The molecule has 1 aliphatic heterocycles. The van der Waals surface area contributed by atoms with Crippen molar-refractivity contribution in [2.24, 2.45) is 7.05 Å². The predicted molar refractivity (Wildman–Crippen MR) is 156 cm³/mol. The summed E-state index contributed by atoms with van der Waals surface area (Å²) >= 11 is 0. The van der Waals surface area contributed by atoms with E-state index in [1.54, 1.807) is 0 Å². The van der Waals surface area contributed by atoms with E-state index in [9.17, 15) is 9.90 Å². The molecule has 210 valence electrons. The normalized spacial score (nSPS) is 15.4. The minimum atomic E-state index is -0.873. The molecule has 0 bridgehead atoms. The van der Waals surface area contributed by atoms with Crippen molar-refractivity contribution in [2.45, 2.75) is 78.4 Å². The van der Waals surface area contributed by atoms with Gasteiger partial charge in [-0.15, -0.1) is 0 Å². The molecule has 2 aromatic heterocycles. The highest BCUT2D eigenvalue weighted by atomic mass is 16.5. The SMILES string of the molecule is Cc1ccc2c(CCCOc3cccc4c3CCCC4)c(C(=O)O)n3c2c1-c1c(C)nn(C)c1COCCCC3. The third-order valence-electron chi connectivity index (χ3n) is 8.67. The molecule has 0 radical (unpaired) electrons. The minimum Gasteiger partial charge on any atom is -0.493 e. The number of ether oxygens (including phenoxy) is 2. The van der Waals surface area contributed by atoms with Gasteiger partial charge in [-0.2, -0.15) is 5.10 Å². The number of rotatable bonds is 6. The van der Waals surface area contributed by atoms with Crippen LogP contribution in [0, 0.1) is 13.8 Å². The average molecular weight is 542 g/mol. The molecule has 40 heavy (non-hydrogen) atoms. The number of aromatic nitrogens is 3. The van der Waals surface area contributed by atoms with Gasteiger partial charge in [0, 0.05) is 36.7 Å². The fraction of sp³-hybridized carbons (Fsp3) is 0.455. The lowest BCUT2D eigenvalue weighted by molar-refractivity contribution is 0.0683. The minimum absolute atomic E-state index is 0.405. The van der Waals surface area contributed by atoms with Gasteiger partial charge in [-0.1, -0.05) is 24.3 Å². The van der Waals surface area contributed by atoms with E-state index in [0.717, 1.165) is 82.4 Å². The largest absolute Gasteiger partial charge is 0.493 e. The van der Waals surface area contributed by atoms with Crippen LogP contribution < -0.4 is 4.74 Å². The molecule has 7 heteroatoms. The number of hydrogen-bond donors (Lipinski definition) is 1. The van der Waals surface area contributed by atoms with Gasteiger partial charge < -0.3 is 19.1 Å². The van der Waals surface area contributed by atoms with E-state index in [0.29, 0.717) is 38.5 Å². The highest BCUT2D eigenvalue weighted by Gasteiger charge is 2.28. The van der Waals surface area contributed by atoms with Gasteiger partial charge in [-0.05, 0) is 93.5 Å². The highest BCUT2D eigenvalue weighted by molar-refractivity contribution is 6.05. The first-order valence-electron chi connectivity index (χ1n) is 14.7. The Balaban J connectivity index is 1.40. The molecule has 1 aliphatic carbocycles. The fourth-order valence-corrected chi connectivity index (χ4v) is 6.81. The Kier molecular flexibility index (Phi) is 7.41. The quantitative estimate of drug-likeness (QED) is 0.280. The highest BCUT2D eigenvalue weighted by Crippen LogP contribution is 2.41. The number of carboxylic acid groups (broad SMARTS) is 1. The van der Waals surface area contributed by atoms with Gasteiger partial charge in [-0.3, -0.25) is 4.68 Å². The molecule has 0 amide bonds. The maximum atomic E-state index is 12.8. The third kappa shape index (κ3) is 4.70. The van der Waals surface area contributed by atoms with Crippen LogP contribution >= 0.6 is 0 Å². The lowest BCUT2D eigenvalue weighted by Crippen LogP contribution is -2.12. The summed E-state index contributed by atoms with van der Waals surface area (Å²) in [5.41, 5.74) is 10.3. The zero-order valence-corrected chi connectivity index (χ0v) is 23.9. The molecule has 0 spiro atoms. The number of carboxylic acids is 1. The Hall–Kier alpha value is -3.58. The van der Waals surface area contributed by atoms with Crippen LogP contribution in [0.1, 0.15) is 76.2 Å². The van der Waals surface area contributed by atoms with E-state index in [-0.39, 0.29) is 0 Å². The summed E-state index contributed by atoms with van der Waals surface area (Å²) in [5, 5.41) is 16.3. The van der Waals surface area contributed by atoms with Crippen molar-refractivity contribution in [1.29, 1.82) is 0 Å². The first-order chi connectivity index (χ1) is 19.5. The van der Waals surface area contributed by atoms with E-state index in [1.165, 1.54) is 24.0 Å². The van der Waals surface area contributed by atoms with Crippen molar-refractivity contribution in [2.75, 3.05) is 13.2 Å². The van der Waals surface area contributed by atoms with Crippen molar-refractivity contribution in [3.8, 4) is 16.9 Å². The zero-order valence-electron chi connectivity index (χ0n) is 23.9. The first-order valence-corrected chi connectivity index (χ1v) is 14.7. The van der Waals surface area contributed by atoms with Crippen LogP contribution in [0.4, 0.5) is 0 Å². The Bertz CT molecular complexity index is 1580. The molecule has 4 aromatic rings. The second kappa shape index (κ2) is 11.1. The molecule has 2 aromatic carbocycles. The summed E-state index contributed by atoms with van der Waals surface area (Å²) in [4.78, 5) is 12.8. The van der Waals surface area contributed by atoms with E-state index in [4.69, 9.17) is 14.6 Å². The third-order valence-corrected chi connectivity index (χ3v) is 8.67. The second-order valence-electron chi connectivity index (χ2n) is 11.3. The predicted octanol–water partition coefficient (Wildman–Crippen LogP) is 6.56. The van der Waals surface area contributed by atoms with E-state index >= 15 is 0 Å². The molecule has 7 nitrogen and oxygen atoms in total. The van der Waals surface area contributed by atoms with E-state index < -0.39 is 5.97 Å². The smallest absolute Gasteiger partial charge is 0.352 e. The maximum Gasteiger partial charge on any atom is 0.352 e. The number of carbonyl (C=O) groups is 1. The molecule has 2 aliphatic rings. The van der Waals surface area contributed by atoms with Crippen LogP contribution in [0.25, 0.3) is 22.0 Å². The Morgan fingerprint density at radius 1 is 1.07 bits per heavy atom. The molecule has 0 saturated heterocycles. The van der Waals surface area contributed by atoms with Crippen LogP contribution in [0.15, 0.2) is 30.3 Å². The summed E-state index contributed by atoms with van der Waals surface area (Å²) < 4.78 is 16.3. The Morgan fingerprint density at radius 3 is 2.77 bits per heavy atom. The molecule has 6 rings (SSSR count). The molecule has 0 atom stereocenters. The summed E-state index contributed by atoms with van der Waals surface area (Å²) in [7, 11) is 1.96. The topological polar surface area (TPSA) is 78.5 Å². The molecular weight excluding hydrogens is 502 g/mol. The Morgan fingerprint density at radius 2 is 1.93 bits per heavy atom. The summed E-state index contributed by atoms with van der Waals surface area (Å²) in [6, 6.07) is 10.6. The fourth-order valence-electron chi connectivity index (χ4n) is 6.81. The number of benzene rings is 2. The molecular formula is C33H39N3O4. The lowest BCUT2D eigenvalue weighted by atomic mass is 9.91. The van der Waals surface area contributed by atoms with Crippen LogP contribution in [0.2, 0.25) is 0 Å². The van der Waals surface area contributed by atoms with Gasteiger partial charge in [0.15, 0.2) is 0 Å². The van der Waals surface area contributed by atoms with Gasteiger partial charge in [0.1, 0.15) is 11.4 Å². The van der Waals surface area contributed by atoms with Crippen molar-refractivity contribution in [1.82, 2.24) is 14.3 Å². The second-order valence-corrected chi connectivity index (χ2v) is 11.3. The van der Waals surface area contributed by atoms with Gasteiger partial charge in [0.25, 0.3) is 0 Å². The number of aryl methyl sites for hydroxylation is 6. The molecule has 0 unspecified atom stereocenters. The lowest BCUT2D eigenvalue weighted by Gasteiger charge is -2.19. The van der Waals surface area contributed by atoms with Gasteiger partial charge in [0.2, 0.25) is 0 Å². The number of aromatic carboxylic acids is 1. The van der Waals surface area contributed by atoms with Crippen LogP contribution in [0.3, 0.4) is 0 Å². The van der Waals surface area contributed by atoms with Crippen molar-refractivity contribution >= 4 is 16.9 Å². The van der Waals surface area contributed by atoms with Crippen LogP contribution in [-0.4, -0.2) is 38.6 Å². The van der Waals surface area contributed by atoms with Crippen molar-refractivity contribution in [3.63, 3.8) is 0 Å². The van der Waals surface area contributed by atoms with Crippen LogP contribution in [-0.2, 0) is 44.2 Å². The monoisotopic (exact) mass is 541 g/mol. The Labute approximate surface area is 235 Å². The first kappa shape index (κ1) is 26.6. The van der Waals surface area contributed by atoms with Gasteiger partial charge in [0.05, 0.1) is 30.1 Å². The van der Waals surface area contributed by atoms with E-state index in [2.05, 4.69) is 41.8 Å². The van der Waals surface area contributed by atoms with Crippen molar-refractivity contribution in [3.05, 3.63) is 69.7 Å². The summed E-state index contributed by atoms with van der Waals surface area (Å²) in [6.45, 7) is 6.46.